The maximum absolute atomic E-state index is 11.7. The van der Waals surface area contributed by atoms with Gasteiger partial charge in [0.15, 0.2) is 0 Å². The van der Waals surface area contributed by atoms with Gasteiger partial charge in [-0.25, -0.2) is 9.38 Å². The van der Waals surface area contributed by atoms with Crippen molar-refractivity contribution in [2.75, 3.05) is 13.3 Å². The molecule has 0 atom stereocenters. The normalized spacial score (nSPS) is 12.1. The molecular weight excluding hydrogens is 205 g/mol. The van der Waals surface area contributed by atoms with Crippen LogP contribution in [0.4, 0.5) is 4.39 Å². The molecule has 0 unspecified atom stereocenters. The molecule has 0 aromatic heterocycles. The van der Waals surface area contributed by atoms with Crippen molar-refractivity contribution in [3.05, 3.63) is 48.7 Å². The second kappa shape index (κ2) is 9.90. The molecule has 0 amide bonds. The number of nitrogens with zero attached hydrogens (tertiary/aromatic N) is 1. The lowest BCUT2D eigenvalue weighted by atomic mass is 10.3. The maximum Gasteiger partial charge on any atom is 0.213 e. The summed E-state index contributed by atoms with van der Waals surface area (Å²) in [6, 6.07) is 0. The average molecular weight is 223 g/mol. The molecule has 16 heavy (non-hydrogen) atoms. The summed E-state index contributed by atoms with van der Waals surface area (Å²) in [6.45, 7) is 7.37. The van der Waals surface area contributed by atoms with Crippen molar-refractivity contribution < 1.29 is 9.13 Å². The highest BCUT2D eigenvalue weighted by Gasteiger charge is 1.92. The van der Waals surface area contributed by atoms with Crippen LogP contribution in [0.25, 0.3) is 0 Å². The summed E-state index contributed by atoms with van der Waals surface area (Å²) in [5.41, 5.74) is 1.10. The second-order valence-corrected chi connectivity index (χ2v) is 3.19. The summed E-state index contributed by atoms with van der Waals surface area (Å²) in [5, 5.41) is 0. The van der Waals surface area contributed by atoms with Gasteiger partial charge in [0.05, 0.1) is 0 Å². The molecule has 0 N–H and O–H groups in total. The minimum Gasteiger partial charge on any atom is -0.473 e. The predicted molar refractivity (Wildman–Crippen MR) is 67.3 cm³/mol. The molecular formula is C13H18FNO. The summed E-state index contributed by atoms with van der Waals surface area (Å²) in [6.07, 6.45) is 9.82. The van der Waals surface area contributed by atoms with Crippen molar-refractivity contribution in [2.45, 2.75) is 13.8 Å². The largest absolute Gasteiger partial charge is 0.473 e. The van der Waals surface area contributed by atoms with Crippen molar-refractivity contribution in [1.82, 2.24) is 0 Å². The molecule has 0 rings (SSSR count). The van der Waals surface area contributed by atoms with Crippen molar-refractivity contribution in [3.8, 4) is 0 Å². The third-order valence-electron chi connectivity index (χ3n) is 1.43. The Morgan fingerprint density at radius 2 is 2.00 bits per heavy atom. The first kappa shape index (κ1) is 14.4. The standard InChI is InChI=1S/C13H18FNO/c1-4-15-13(11-12(2)3)16-10-8-6-5-7-9-14/h4-8,11H,1,9-10H2,2-3H3/b7-5-,8-6-,15-13+. The van der Waals surface area contributed by atoms with Crippen LogP contribution >= 0.6 is 0 Å². The summed E-state index contributed by atoms with van der Waals surface area (Å²) in [5.74, 6) is 0.522. The zero-order valence-electron chi connectivity index (χ0n) is 9.82. The van der Waals surface area contributed by atoms with Gasteiger partial charge in [-0.3, -0.25) is 0 Å². The lowest BCUT2D eigenvalue weighted by Gasteiger charge is -2.01. The van der Waals surface area contributed by atoms with E-state index in [2.05, 4.69) is 11.6 Å². The second-order valence-electron chi connectivity index (χ2n) is 3.19. The molecule has 88 valence electrons. The molecule has 0 aliphatic carbocycles. The highest BCUT2D eigenvalue weighted by Crippen LogP contribution is 1.95. The van der Waals surface area contributed by atoms with Crippen LogP contribution < -0.4 is 0 Å². The minimum absolute atomic E-state index is 0.396. The Kier molecular flexibility index (Phi) is 8.88. The van der Waals surface area contributed by atoms with Gasteiger partial charge in [0.2, 0.25) is 5.90 Å². The van der Waals surface area contributed by atoms with Crippen LogP contribution in [-0.4, -0.2) is 19.2 Å². The fourth-order valence-corrected chi connectivity index (χ4v) is 0.851. The molecule has 0 radical (unpaired) electrons. The van der Waals surface area contributed by atoms with Crippen molar-refractivity contribution in [2.24, 2.45) is 4.99 Å². The van der Waals surface area contributed by atoms with Crippen molar-refractivity contribution in [1.29, 1.82) is 0 Å². The number of aliphatic imine (C=N–C) groups is 1. The lowest BCUT2D eigenvalue weighted by Crippen LogP contribution is -2.01. The molecule has 0 heterocycles. The van der Waals surface area contributed by atoms with Gasteiger partial charge in [-0.05, 0) is 26.0 Å². The Balaban J connectivity index is 4.09. The number of ether oxygens (including phenoxy) is 1. The molecule has 3 heteroatoms. The Morgan fingerprint density at radius 1 is 1.31 bits per heavy atom. The Morgan fingerprint density at radius 3 is 2.56 bits per heavy atom. The molecule has 0 saturated carbocycles. The quantitative estimate of drug-likeness (QED) is 0.383. The third kappa shape index (κ3) is 8.94. The number of allylic oxidation sites excluding steroid dienone is 4. The first-order valence-corrected chi connectivity index (χ1v) is 5.04. The molecule has 2 nitrogen and oxygen atoms in total. The van der Waals surface area contributed by atoms with Gasteiger partial charge in [0, 0.05) is 6.20 Å². The highest BCUT2D eigenvalue weighted by atomic mass is 19.1. The van der Waals surface area contributed by atoms with Crippen LogP contribution in [-0.2, 0) is 4.74 Å². The van der Waals surface area contributed by atoms with Gasteiger partial charge in [-0.1, -0.05) is 30.4 Å². The smallest absolute Gasteiger partial charge is 0.213 e. The van der Waals surface area contributed by atoms with E-state index >= 15 is 0 Å². The minimum atomic E-state index is -0.452. The number of hydrogen-bond donors (Lipinski definition) is 0. The van der Waals surface area contributed by atoms with Crippen LogP contribution in [0.5, 0.6) is 0 Å². The van der Waals surface area contributed by atoms with Crippen LogP contribution in [0.3, 0.4) is 0 Å². The summed E-state index contributed by atoms with van der Waals surface area (Å²) in [4.78, 5) is 3.97. The Hall–Kier alpha value is -1.64. The van der Waals surface area contributed by atoms with Crippen LogP contribution in [0.2, 0.25) is 0 Å². The van der Waals surface area contributed by atoms with E-state index in [9.17, 15) is 4.39 Å². The van der Waals surface area contributed by atoms with E-state index in [1.165, 1.54) is 12.3 Å². The van der Waals surface area contributed by atoms with Gasteiger partial charge in [0.1, 0.15) is 13.3 Å². The van der Waals surface area contributed by atoms with E-state index in [1.54, 1.807) is 18.2 Å². The van der Waals surface area contributed by atoms with Gasteiger partial charge >= 0.3 is 0 Å². The highest BCUT2D eigenvalue weighted by molar-refractivity contribution is 5.88. The zero-order valence-corrected chi connectivity index (χ0v) is 9.82. The first-order valence-electron chi connectivity index (χ1n) is 5.04. The van der Waals surface area contributed by atoms with E-state index in [-0.39, 0.29) is 0 Å². The monoisotopic (exact) mass is 223 g/mol. The fourth-order valence-electron chi connectivity index (χ4n) is 0.851. The molecule has 0 aliphatic heterocycles. The first-order chi connectivity index (χ1) is 7.70. The van der Waals surface area contributed by atoms with Crippen LogP contribution in [0.1, 0.15) is 13.8 Å². The summed E-state index contributed by atoms with van der Waals surface area (Å²) < 4.78 is 17.0. The summed E-state index contributed by atoms with van der Waals surface area (Å²) in [7, 11) is 0. The number of alkyl halides is 1. The van der Waals surface area contributed by atoms with E-state index < -0.39 is 6.67 Å². The number of rotatable bonds is 6. The van der Waals surface area contributed by atoms with E-state index in [0.717, 1.165) is 5.57 Å². The van der Waals surface area contributed by atoms with Gasteiger partial charge in [0.25, 0.3) is 0 Å². The Bertz CT molecular complexity index is 310. The lowest BCUT2D eigenvalue weighted by molar-refractivity contribution is 0.353. The molecule has 0 fully saturated rings. The van der Waals surface area contributed by atoms with E-state index in [0.29, 0.717) is 12.5 Å². The van der Waals surface area contributed by atoms with Gasteiger partial charge in [-0.15, -0.1) is 0 Å². The van der Waals surface area contributed by atoms with Gasteiger partial charge < -0.3 is 4.74 Å². The third-order valence-corrected chi connectivity index (χ3v) is 1.43. The number of halogens is 1. The molecule has 0 aliphatic rings. The SMILES string of the molecule is C=C/N=C(\C=C(C)C)OC/C=C\C=C/CF. The summed E-state index contributed by atoms with van der Waals surface area (Å²) >= 11 is 0. The molecule has 0 saturated heterocycles. The van der Waals surface area contributed by atoms with Crippen LogP contribution in [0.15, 0.2) is 53.7 Å². The van der Waals surface area contributed by atoms with Crippen molar-refractivity contribution in [3.63, 3.8) is 0 Å². The average Bonchev–Trinajstić information content (AvgIpc) is 2.22. The van der Waals surface area contributed by atoms with Gasteiger partial charge in [-0.2, -0.15) is 0 Å². The zero-order chi connectivity index (χ0) is 12.2. The van der Waals surface area contributed by atoms with E-state index in [1.807, 2.05) is 19.9 Å². The number of hydrogen-bond acceptors (Lipinski definition) is 2. The molecule has 0 aromatic carbocycles. The van der Waals surface area contributed by atoms with Crippen LogP contribution in [0, 0.1) is 0 Å². The predicted octanol–water partition coefficient (Wildman–Crippen LogP) is 3.59. The molecule has 0 aromatic rings. The van der Waals surface area contributed by atoms with Crippen molar-refractivity contribution >= 4 is 5.90 Å². The van der Waals surface area contributed by atoms with E-state index in [4.69, 9.17) is 4.74 Å². The maximum atomic E-state index is 11.7. The Labute approximate surface area is 96.5 Å². The molecule has 0 bridgehead atoms. The topological polar surface area (TPSA) is 21.6 Å². The molecule has 0 spiro atoms. The fraction of sp³-hybridized carbons (Fsp3) is 0.308.